The van der Waals surface area contributed by atoms with Crippen molar-refractivity contribution >= 4 is 15.9 Å². The topological polar surface area (TPSA) is 67.9 Å². The molecule has 0 aliphatic carbocycles. The van der Waals surface area contributed by atoms with Gasteiger partial charge in [-0.2, -0.15) is 0 Å². The third-order valence-electron chi connectivity index (χ3n) is 3.84. The molecule has 1 aliphatic rings. The summed E-state index contributed by atoms with van der Waals surface area (Å²) in [5.74, 6) is 1.65. The molecule has 0 spiro atoms. The highest BCUT2D eigenvalue weighted by Gasteiger charge is 2.19. The van der Waals surface area contributed by atoms with Gasteiger partial charge in [-0.25, -0.2) is 19.9 Å². The van der Waals surface area contributed by atoms with E-state index in [2.05, 4.69) is 40.8 Å². The summed E-state index contributed by atoms with van der Waals surface area (Å²) in [5, 5.41) is 0. The first-order valence-electron chi connectivity index (χ1n) is 7.35. The first-order chi connectivity index (χ1) is 11.3. The molecule has 23 heavy (non-hydrogen) atoms. The minimum Gasteiger partial charge on any atom is -0.453 e. The van der Waals surface area contributed by atoms with Crippen molar-refractivity contribution in [2.45, 2.75) is 19.5 Å². The van der Waals surface area contributed by atoms with E-state index in [1.807, 2.05) is 18.3 Å². The molecule has 0 saturated carbocycles. The molecule has 4 rings (SSSR count). The number of halogens is 1. The molecule has 7 heteroatoms. The van der Waals surface area contributed by atoms with Crippen LogP contribution >= 0.6 is 15.9 Å². The van der Waals surface area contributed by atoms with Crippen LogP contribution in [-0.4, -0.2) is 31.4 Å². The normalized spacial score (nSPS) is 14.7. The van der Waals surface area contributed by atoms with E-state index in [1.165, 1.54) is 11.9 Å². The molecule has 0 aromatic carbocycles. The highest BCUT2D eigenvalue weighted by Crippen LogP contribution is 2.22. The Kier molecular flexibility index (Phi) is 3.88. The van der Waals surface area contributed by atoms with E-state index < -0.39 is 0 Å². The lowest BCUT2D eigenvalue weighted by Crippen LogP contribution is -2.30. The smallest absolute Gasteiger partial charge is 0.169 e. The zero-order valence-electron chi connectivity index (χ0n) is 12.3. The maximum atomic E-state index is 5.58. The summed E-state index contributed by atoms with van der Waals surface area (Å²) in [5.41, 5.74) is 3.12. The van der Waals surface area contributed by atoms with E-state index in [9.17, 15) is 0 Å². The molecule has 0 radical (unpaired) electrons. The van der Waals surface area contributed by atoms with Crippen molar-refractivity contribution < 1.29 is 4.42 Å². The molecule has 0 saturated heterocycles. The molecule has 0 fully saturated rings. The van der Waals surface area contributed by atoms with E-state index in [-0.39, 0.29) is 0 Å². The molecule has 116 valence electrons. The first kappa shape index (κ1) is 14.5. The summed E-state index contributed by atoms with van der Waals surface area (Å²) in [6.45, 7) is 2.58. The summed E-state index contributed by atoms with van der Waals surface area (Å²) in [6.07, 6.45) is 7.79. The molecule has 6 nitrogen and oxygen atoms in total. The lowest BCUT2D eigenvalue weighted by Gasteiger charge is -2.27. The fourth-order valence-corrected chi connectivity index (χ4v) is 3.06. The lowest BCUT2D eigenvalue weighted by atomic mass is 10.1. The van der Waals surface area contributed by atoms with Gasteiger partial charge in [0.1, 0.15) is 12.1 Å². The average molecular weight is 372 g/mol. The minimum absolute atomic E-state index is 0.688. The van der Waals surface area contributed by atoms with Crippen molar-refractivity contribution in [3.8, 4) is 11.4 Å². The molecular formula is C16H14BrN5O. The van der Waals surface area contributed by atoms with Gasteiger partial charge in [0.25, 0.3) is 0 Å². The maximum absolute atomic E-state index is 5.58. The van der Waals surface area contributed by atoms with Gasteiger partial charge in [0.2, 0.25) is 0 Å². The zero-order valence-corrected chi connectivity index (χ0v) is 13.9. The van der Waals surface area contributed by atoms with Crippen molar-refractivity contribution in [1.82, 2.24) is 24.8 Å². The van der Waals surface area contributed by atoms with Crippen LogP contribution < -0.4 is 0 Å². The van der Waals surface area contributed by atoms with Gasteiger partial charge in [0.15, 0.2) is 10.5 Å². The molecular weight excluding hydrogens is 358 g/mol. The van der Waals surface area contributed by atoms with Crippen LogP contribution in [0.4, 0.5) is 0 Å². The monoisotopic (exact) mass is 371 g/mol. The number of hydrogen-bond donors (Lipinski definition) is 0. The second-order valence-electron chi connectivity index (χ2n) is 5.46. The largest absolute Gasteiger partial charge is 0.453 e. The lowest BCUT2D eigenvalue weighted by molar-refractivity contribution is 0.222. The second-order valence-corrected chi connectivity index (χ2v) is 6.24. The Hall–Kier alpha value is -2.12. The predicted octanol–water partition coefficient (Wildman–Crippen LogP) is 2.85. The summed E-state index contributed by atoms with van der Waals surface area (Å²) in [6, 6.07) is 3.92. The van der Waals surface area contributed by atoms with Crippen molar-refractivity contribution in [3.63, 3.8) is 0 Å². The summed E-state index contributed by atoms with van der Waals surface area (Å²) in [4.78, 5) is 19.5. The number of hydrogen-bond acceptors (Lipinski definition) is 6. The Labute approximate surface area is 141 Å². The molecule has 0 unspecified atom stereocenters. The predicted molar refractivity (Wildman–Crippen MR) is 87.3 cm³/mol. The van der Waals surface area contributed by atoms with Crippen LogP contribution in [0, 0.1) is 0 Å². The maximum Gasteiger partial charge on any atom is 0.169 e. The van der Waals surface area contributed by atoms with Crippen molar-refractivity contribution in [2.24, 2.45) is 0 Å². The van der Waals surface area contributed by atoms with Gasteiger partial charge in [-0.1, -0.05) is 0 Å². The molecule has 1 aliphatic heterocycles. The number of nitrogens with zero attached hydrogens (tertiary/aromatic N) is 5. The van der Waals surface area contributed by atoms with Crippen LogP contribution in [0.3, 0.4) is 0 Å². The SMILES string of the molecule is Brc1ccc(CN2CCc3nc(-c4cncnc4)ncc3C2)o1. The summed E-state index contributed by atoms with van der Waals surface area (Å²) < 4.78 is 6.35. The van der Waals surface area contributed by atoms with Crippen LogP contribution in [0.15, 0.2) is 46.1 Å². The van der Waals surface area contributed by atoms with Gasteiger partial charge in [0.05, 0.1) is 17.8 Å². The van der Waals surface area contributed by atoms with E-state index in [4.69, 9.17) is 4.42 Å². The Morgan fingerprint density at radius 3 is 2.83 bits per heavy atom. The van der Waals surface area contributed by atoms with Gasteiger partial charge >= 0.3 is 0 Å². The van der Waals surface area contributed by atoms with E-state index in [1.54, 1.807) is 12.4 Å². The molecule has 0 bridgehead atoms. The Balaban J connectivity index is 1.52. The molecule has 0 N–H and O–H groups in total. The summed E-state index contributed by atoms with van der Waals surface area (Å²) in [7, 11) is 0. The van der Waals surface area contributed by atoms with Crippen LogP contribution in [0.5, 0.6) is 0 Å². The van der Waals surface area contributed by atoms with E-state index >= 15 is 0 Å². The first-order valence-corrected chi connectivity index (χ1v) is 8.14. The van der Waals surface area contributed by atoms with Gasteiger partial charge in [-0.15, -0.1) is 0 Å². The highest BCUT2D eigenvalue weighted by molar-refractivity contribution is 9.10. The molecule has 0 atom stereocenters. The van der Waals surface area contributed by atoms with Crippen LogP contribution in [0.1, 0.15) is 17.0 Å². The number of furan rings is 1. The number of fused-ring (bicyclic) bond motifs is 1. The van der Waals surface area contributed by atoms with E-state index in [0.29, 0.717) is 5.82 Å². The van der Waals surface area contributed by atoms with Crippen LogP contribution in [0.2, 0.25) is 0 Å². The zero-order chi connectivity index (χ0) is 15.6. The minimum atomic E-state index is 0.688. The van der Waals surface area contributed by atoms with Crippen molar-refractivity contribution in [1.29, 1.82) is 0 Å². The van der Waals surface area contributed by atoms with Gasteiger partial charge in [-0.05, 0) is 28.1 Å². The summed E-state index contributed by atoms with van der Waals surface area (Å²) >= 11 is 3.34. The number of aromatic nitrogens is 4. The molecule has 4 heterocycles. The van der Waals surface area contributed by atoms with Gasteiger partial charge in [0, 0.05) is 43.7 Å². The number of rotatable bonds is 3. The standard InChI is InChI=1S/C16H14BrN5O/c17-15-2-1-13(23-15)9-22-4-3-14-12(8-22)7-20-16(21-14)11-5-18-10-19-6-11/h1-2,5-7,10H,3-4,8-9H2. The van der Waals surface area contributed by atoms with Crippen LogP contribution in [0.25, 0.3) is 11.4 Å². The fraction of sp³-hybridized carbons (Fsp3) is 0.250. The second kappa shape index (κ2) is 6.17. The fourth-order valence-electron chi connectivity index (χ4n) is 2.72. The highest BCUT2D eigenvalue weighted by atomic mass is 79.9. The molecule has 0 amide bonds. The van der Waals surface area contributed by atoms with E-state index in [0.717, 1.165) is 47.7 Å². The van der Waals surface area contributed by atoms with Crippen molar-refractivity contribution in [3.05, 3.63) is 58.7 Å². The third-order valence-corrected chi connectivity index (χ3v) is 4.27. The Bertz CT molecular complexity index is 820. The third kappa shape index (κ3) is 3.16. The van der Waals surface area contributed by atoms with Gasteiger partial charge < -0.3 is 4.42 Å². The molecule has 3 aromatic rings. The Morgan fingerprint density at radius 1 is 1.17 bits per heavy atom. The quantitative estimate of drug-likeness (QED) is 0.704. The molecule has 3 aromatic heterocycles. The van der Waals surface area contributed by atoms with Gasteiger partial charge in [-0.3, -0.25) is 4.90 Å². The average Bonchev–Trinajstić information content (AvgIpc) is 3.00. The Morgan fingerprint density at radius 2 is 2.04 bits per heavy atom. The van der Waals surface area contributed by atoms with Crippen molar-refractivity contribution in [2.75, 3.05) is 6.54 Å². The van der Waals surface area contributed by atoms with Crippen LogP contribution in [-0.2, 0) is 19.5 Å².